The van der Waals surface area contributed by atoms with Crippen LogP contribution in [0.15, 0.2) is 18.2 Å². The number of amides is 1. The third-order valence-corrected chi connectivity index (χ3v) is 3.00. The predicted molar refractivity (Wildman–Crippen MR) is 60.8 cm³/mol. The van der Waals surface area contributed by atoms with E-state index in [-0.39, 0.29) is 5.91 Å². The van der Waals surface area contributed by atoms with Gasteiger partial charge in [-0.2, -0.15) is 0 Å². The molecule has 80 valence electrons. The average molecular weight is 203 g/mol. The summed E-state index contributed by atoms with van der Waals surface area (Å²) < 4.78 is 0. The molecule has 1 aromatic carbocycles. The van der Waals surface area contributed by atoms with E-state index in [0.29, 0.717) is 6.04 Å². The van der Waals surface area contributed by atoms with Gasteiger partial charge in [0, 0.05) is 13.0 Å². The van der Waals surface area contributed by atoms with Gasteiger partial charge in [-0.3, -0.25) is 4.79 Å². The molecule has 15 heavy (non-hydrogen) atoms. The molecule has 0 spiro atoms. The van der Waals surface area contributed by atoms with Crippen LogP contribution in [0.5, 0.6) is 0 Å². The van der Waals surface area contributed by atoms with Gasteiger partial charge >= 0.3 is 0 Å². The molecule has 2 nitrogen and oxygen atoms in total. The Hall–Kier alpha value is -1.31. The highest BCUT2D eigenvalue weighted by atomic mass is 16.1. The molecule has 1 atom stereocenters. The van der Waals surface area contributed by atoms with Crippen LogP contribution >= 0.6 is 0 Å². The van der Waals surface area contributed by atoms with Crippen LogP contribution in [-0.4, -0.2) is 11.9 Å². The molecule has 0 fully saturated rings. The molecular weight excluding hydrogens is 186 g/mol. The number of carbonyl (C=O) groups is 1. The largest absolute Gasteiger partial charge is 0.353 e. The second kappa shape index (κ2) is 4.05. The van der Waals surface area contributed by atoms with Crippen molar-refractivity contribution < 1.29 is 4.79 Å². The lowest BCUT2D eigenvalue weighted by Crippen LogP contribution is -2.37. The normalized spacial score (nSPS) is 19.5. The second-order valence-corrected chi connectivity index (χ2v) is 4.41. The molecule has 0 aliphatic heterocycles. The maximum absolute atomic E-state index is 11.0. The molecule has 0 unspecified atom stereocenters. The van der Waals surface area contributed by atoms with Crippen molar-refractivity contribution in [3.8, 4) is 0 Å². The summed E-state index contributed by atoms with van der Waals surface area (Å²) in [5, 5.41) is 3.00. The molecule has 0 saturated carbocycles. The van der Waals surface area contributed by atoms with Gasteiger partial charge in [-0.05, 0) is 37.3 Å². The van der Waals surface area contributed by atoms with Crippen molar-refractivity contribution in [3.05, 3.63) is 34.9 Å². The lowest BCUT2D eigenvalue weighted by molar-refractivity contribution is -0.119. The van der Waals surface area contributed by atoms with E-state index in [1.807, 2.05) is 0 Å². The summed E-state index contributed by atoms with van der Waals surface area (Å²) in [5.41, 5.74) is 4.15. The van der Waals surface area contributed by atoms with Crippen molar-refractivity contribution in [2.75, 3.05) is 0 Å². The van der Waals surface area contributed by atoms with E-state index in [1.165, 1.54) is 16.7 Å². The minimum absolute atomic E-state index is 0.0797. The Balaban J connectivity index is 2.14. The molecule has 0 aromatic heterocycles. The van der Waals surface area contributed by atoms with Gasteiger partial charge in [0.05, 0.1) is 0 Å². The number of nitrogens with one attached hydrogen (secondary N) is 1. The zero-order valence-electron chi connectivity index (χ0n) is 9.34. The molecule has 1 aliphatic carbocycles. The summed E-state index contributed by atoms with van der Waals surface area (Å²) in [5.74, 6) is 0.0797. The van der Waals surface area contributed by atoms with Crippen LogP contribution in [-0.2, 0) is 17.6 Å². The van der Waals surface area contributed by atoms with Gasteiger partial charge in [0.2, 0.25) is 5.91 Å². The average Bonchev–Trinajstić information content (AvgIpc) is 2.16. The van der Waals surface area contributed by atoms with Crippen LogP contribution in [0.1, 0.15) is 30.0 Å². The van der Waals surface area contributed by atoms with Gasteiger partial charge in [-0.15, -0.1) is 0 Å². The zero-order chi connectivity index (χ0) is 10.8. The molecule has 1 aliphatic rings. The lowest BCUT2D eigenvalue weighted by atomic mass is 9.87. The highest BCUT2D eigenvalue weighted by Gasteiger charge is 2.18. The van der Waals surface area contributed by atoms with E-state index in [2.05, 4.69) is 30.4 Å². The molecule has 0 saturated heterocycles. The van der Waals surface area contributed by atoms with Crippen LogP contribution in [0.2, 0.25) is 0 Å². The predicted octanol–water partition coefficient (Wildman–Crippen LogP) is 1.99. The number of rotatable bonds is 1. The van der Waals surface area contributed by atoms with Crippen molar-refractivity contribution in [2.45, 2.75) is 39.2 Å². The third kappa shape index (κ3) is 2.38. The quantitative estimate of drug-likeness (QED) is 0.743. The third-order valence-electron chi connectivity index (χ3n) is 3.00. The number of benzene rings is 1. The zero-order valence-corrected chi connectivity index (χ0v) is 9.34. The molecule has 0 bridgehead atoms. The summed E-state index contributed by atoms with van der Waals surface area (Å²) in [4.78, 5) is 11.0. The molecule has 1 amide bonds. The van der Waals surface area contributed by atoms with Gasteiger partial charge < -0.3 is 5.32 Å². The van der Waals surface area contributed by atoms with E-state index in [9.17, 15) is 4.79 Å². The number of fused-ring (bicyclic) bond motifs is 1. The maximum Gasteiger partial charge on any atom is 0.217 e. The highest BCUT2D eigenvalue weighted by molar-refractivity contribution is 5.73. The molecule has 0 heterocycles. The van der Waals surface area contributed by atoms with Crippen LogP contribution < -0.4 is 5.32 Å². The van der Waals surface area contributed by atoms with Gasteiger partial charge in [0.15, 0.2) is 0 Å². The molecule has 2 heteroatoms. The highest BCUT2D eigenvalue weighted by Crippen LogP contribution is 2.22. The van der Waals surface area contributed by atoms with E-state index in [0.717, 1.165) is 19.3 Å². The van der Waals surface area contributed by atoms with Crippen LogP contribution in [0.25, 0.3) is 0 Å². The van der Waals surface area contributed by atoms with Crippen molar-refractivity contribution >= 4 is 5.91 Å². The maximum atomic E-state index is 11.0. The van der Waals surface area contributed by atoms with Gasteiger partial charge in [0.1, 0.15) is 0 Å². The summed E-state index contributed by atoms with van der Waals surface area (Å²) >= 11 is 0. The first kappa shape index (κ1) is 10.2. The van der Waals surface area contributed by atoms with Crippen LogP contribution in [0.3, 0.4) is 0 Å². The summed E-state index contributed by atoms with van der Waals surface area (Å²) in [6.45, 7) is 3.70. The van der Waals surface area contributed by atoms with Gasteiger partial charge in [0.25, 0.3) is 0 Å². The molecule has 1 aromatic rings. The Labute approximate surface area is 90.7 Å². The van der Waals surface area contributed by atoms with Crippen molar-refractivity contribution in [1.82, 2.24) is 5.32 Å². The summed E-state index contributed by atoms with van der Waals surface area (Å²) in [6.07, 6.45) is 3.13. The fraction of sp³-hybridized carbons (Fsp3) is 0.462. The topological polar surface area (TPSA) is 29.1 Å². The smallest absolute Gasteiger partial charge is 0.217 e. The lowest BCUT2D eigenvalue weighted by Gasteiger charge is -2.25. The Morgan fingerprint density at radius 1 is 1.40 bits per heavy atom. The van der Waals surface area contributed by atoms with Crippen molar-refractivity contribution in [2.24, 2.45) is 0 Å². The SMILES string of the molecule is CC(=O)N[C@@H]1CCc2ccc(C)cc2C1. The monoisotopic (exact) mass is 203 g/mol. The minimum Gasteiger partial charge on any atom is -0.353 e. The second-order valence-electron chi connectivity index (χ2n) is 4.41. The van der Waals surface area contributed by atoms with E-state index in [4.69, 9.17) is 0 Å². The van der Waals surface area contributed by atoms with E-state index < -0.39 is 0 Å². The summed E-state index contributed by atoms with van der Waals surface area (Å²) in [6, 6.07) is 6.95. The van der Waals surface area contributed by atoms with E-state index in [1.54, 1.807) is 6.92 Å². The van der Waals surface area contributed by atoms with Crippen molar-refractivity contribution in [1.29, 1.82) is 0 Å². The first-order valence-electron chi connectivity index (χ1n) is 5.50. The number of hydrogen-bond acceptors (Lipinski definition) is 1. The molecular formula is C13H17NO. The Bertz CT molecular complexity index is 384. The Kier molecular flexibility index (Phi) is 2.76. The Morgan fingerprint density at radius 3 is 2.93 bits per heavy atom. The van der Waals surface area contributed by atoms with Gasteiger partial charge in [-0.1, -0.05) is 23.8 Å². The fourth-order valence-corrected chi connectivity index (χ4v) is 2.30. The molecule has 2 rings (SSSR count). The fourth-order valence-electron chi connectivity index (χ4n) is 2.30. The van der Waals surface area contributed by atoms with Crippen molar-refractivity contribution in [3.63, 3.8) is 0 Å². The first-order valence-corrected chi connectivity index (χ1v) is 5.50. The summed E-state index contributed by atoms with van der Waals surface area (Å²) in [7, 11) is 0. The van der Waals surface area contributed by atoms with Gasteiger partial charge in [-0.25, -0.2) is 0 Å². The van der Waals surface area contributed by atoms with Crippen LogP contribution in [0, 0.1) is 6.92 Å². The minimum atomic E-state index is 0.0797. The first-order chi connectivity index (χ1) is 7.15. The van der Waals surface area contributed by atoms with Crippen LogP contribution in [0.4, 0.5) is 0 Å². The number of aryl methyl sites for hydroxylation is 2. The Morgan fingerprint density at radius 2 is 2.20 bits per heavy atom. The van der Waals surface area contributed by atoms with E-state index >= 15 is 0 Å². The molecule has 1 N–H and O–H groups in total. The standard InChI is InChI=1S/C13H17NO/c1-9-3-4-11-5-6-13(14-10(2)15)8-12(11)7-9/h3-4,7,13H,5-6,8H2,1-2H3,(H,14,15)/t13-/m1/s1. The number of carbonyl (C=O) groups excluding carboxylic acids is 1. The molecule has 0 radical (unpaired) electrons. The number of hydrogen-bond donors (Lipinski definition) is 1.